The van der Waals surface area contributed by atoms with Crippen LogP contribution in [0.2, 0.25) is 0 Å². The van der Waals surface area contributed by atoms with E-state index in [-0.39, 0.29) is 0 Å². The van der Waals surface area contributed by atoms with E-state index in [2.05, 4.69) is 15.0 Å². The molecule has 1 fully saturated rings. The highest BCUT2D eigenvalue weighted by Crippen LogP contribution is 2.46. The molecule has 110 valence electrons. The molecule has 0 aliphatic heterocycles. The van der Waals surface area contributed by atoms with Crippen LogP contribution < -0.4 is 15.2 Å². The Morgan fingerprint density at radius 3 is 2.86 bits per heavy atom. The van der Waals surface area contributed by atoms with Crippen molar-refractivity contribution in [1.29, 1.82) is 0 Å². The van der Waals surface area contributed by atoms with Crippen molar-refractivity contribution in [2.45, 2.75) is 19.3 Å². The number of hydrogen-bond donors (Lipinski definition) is 1. The topological polar surface area (TPSA) is 83.2 Å². The predicted molar refractivity (Wildman–Crippen MR) is 78.3 cm³/mol. The first kappa shape index (κ1) is 13.6. The van der Waals surface area contributed by atoms with Gasteiger partial charge < -0.3 is 15.2 Å². The summed E-state index contributed by atoms with van der Waals surface area (Å²) in [5.41, 5.74) is 6.76. The van der Waals surface area contributed by atoms with Crippen LogP contribution >= 0.6 is 0 Å². The van der Waals surface area contributed by atoms with Crippen molar-refractivity contribution in [2.24, 2.45) is 5.92 Å². The fourth-order valence-electron chi connectivity index (χ4n) is 2.35. The Balaban J connectivity index is 1.56. The summed E-state index contributed by atoms with van der Waals surface area (Å²) in [5.74, 6) is 3.29. The molecule has 2 unspecified atom stereocenters. The van der Waals surface area contributed by atoms with E-state index in [9.17, 15) is 0 Å². The Hall–Kier alpha value is -2.37. The highest BCUT2D eigenvalue weighted by atomic mass is 16.5. The Morgan fingerprint density at radius 2 is 2.19 bits per heavy atom. The first-order valence-corrected chi connectivity index (χ1v) is 6.89. The lowest BCUT2D eigenvalue weighted by Gasteiger charge is -2.06. The zero-order valence-corrected chi connectivity index (χ0v) is 12.1. The van der Waals surface area contributed by atoms with E-state index in [0.717, 1.165) is 17.9 Å². The average Bonchev–Trinajstić information content (AvgIpc) is 3.24. The second-order valence-corrected chi connectivity index (χ2v) is 5.21. The van der Waals surface area contributed by atoms with E-state index in [1.807, 2.05) is 12.1 Å². The highest BCUT2D eigenvalue weighted by Gasteiger charge is 2.40. The standard InChI is InChI=1S/C15H18N4O2/c1-9-18-14(16)6-15(19-9)21-8-10-5-12(10)13-4-3-11(20-2)7-17-13/h3-4,6-7,10,12H,5,8H2,1-2H3,(H2,16,18,19). The van der Waals surface area contributed by atoms with Crippen LogP contribution in [0, 0.1) is 12.8 Å². The van der Waals surface area contributed by atoms with Crippen LogP contribution in [0.5, 0.6) is 11.6 Å². The minimum atomic E-state index is 0.432. The maximum atomic E-state index is 5.70. The van der Waals surface area contributed by atoms with Gasteiger partial charge in [0.2, 0.25) is 5.88 Å². The Bertz CT molecular complexity index is 610. The number of hydrogen-bond acceptors (Lipinski definition) is 6. The molecular weight excluding hydrogens is 268 g/mol. The number of aromatic nitrogens is 3. The summed E-state index contributed by atoms with van der Waals surface area (Å²) in [7, 11) is 1.64. The van der Waals surface area contributed by atoms with Gasteiger partial charge in [-0.15, -0.1) is 0 Å². The number of aryl methyl sites for hydroxylation is 1. The maximum Gasteiger partial charge on any atom is 0.218 e. The monoisotopic (exact) mass is 286 g/mol. The Kier molecular flexibility index (Phi) is 3.60. The van der Waals surface area contributed by atoms with Crippen LogP contribution in [0.25, 0.3) is 0 Å². The number of anilines is 1. The molecule has 2 heterocycles. The van der Waals surface area contributed by atoms with Gasteiger partial charge in [-0.2, -0.15) is 4.98 Å². The number of nitrogen functional groups attached to an aromatic ring is 1. The lowest BCUT2D eigenvalue weighted by molar-refractivity contribution is 0.284. The van der Waals surface area contributed by atoms with Gasteiger partial charge in [0.15, 0.2) is 0 Å². The van der Waals surface area contributed by atoms with Crippen molar-refractivity contribution >= 4 is 5.82 Å². The van der Waals surface area contributed by atoms with E-state index < -0.39 is 0 Å². The molecule has 0 bridgehead atoms. The molecule has 6 heteroatoms. The number of pyridine rings is 1. The predicted octanol–water partition coefficient (Wildman–Crippen LogP) is 1.95. The van der Waals surface area contributed by atoms with Crippen molar-refractivity contribution in [3.05, 3.63) is 35.9 Å². The smallest absolute Gasteiger partial charge is 0.218 e. The third-order valence-electron chi connectivity index (χ3n) is 3.58. The molecule has 1 saturated carbocycles. The van der Waals surface area contributed by atoms with E-state index in [4.69, 9.17) is 15.2 Å². The fourth-order valence-corrected chi connectivity index (χ4v) is 2.35. The summed E-state index contributed by atoms with van der Waals surface area (Å²) in [5, 5.41) is 0. The van der Waals surface area contributed by atoms with Gasteiger partial charge in [-0.3, -0.25) is 4.98 Å². The van der Waals surface area contributed by atoms with E-state index >= 15 is 0 Å². The number of nitrogens with two attached hydrogens (primary N) is 1. The Labute approximate surface area is 123 Å². The molecule has 0 spiro atoms. The minimum absolute atomic E-state index is 0.432. The van der Waals surface area contributed by atoms with Crippen molar-refractivity contribution in [3.8, 4) is 11.6 Å². The van der Waals surface area contributed by atoms with E-state index in [0.29, 0.717) is 36.0 Å². The van der Waals surface area contributed by atoms with Crippen molar-refractivity contribution in [3.63, 3.8) is 0 Å². The molecule has 2 aromatic rings. The average molecular weight is 286 g/mol. The number of nitrogens with zero attached hydrogens (tertiary/aromatic N) is 3. The van der Waals surface area contributed by atoms with Gasteiger partial charge in [0.1, 0.15) is 17.4 Å². The van der Waals surface area contributed by atoms with Crippen LogP contribution in [0.4, 0.5) is 5.82 Å². The van der Waals surface area contributed by atoms with E-state index in [1.54, 1.807) is 26.3 Å². The summed E-state index contributed by atoms with van der Waals surface area (Å²) < 4.78 is 10.8. The third-order valence-corrected chi connectivity index (χ3v) is 3.58. The van der Waals surface area contributed by atoms with Gasteiger partial charge in [-0.05, 0) is 25.5 Å². The SMILES string of the molecule is COc1ccc(C2CC2COc2cc(N)nc(C)n2)nc1. The second kappa shape index (κ2) is 5.55. The Morgan fingerprint density at radius 1 is 1.33 bits per heavy atom. The fraction of sp³-hybridized carbons (Fsp3) is 0.400. The van der Waals surface area contributed by atoms with Gasteiger partial charge in [0.25, 0.3) is 0 Å². The molecular formula is C15H18N4O2. The first-order chi connectivity index (χ1) is 10.2. The van der Waals surface area contributed by atoms with Crippen molar-refractivity contribution < 1.29 is 9.47 Å². The lowest BCUT2D eigenvalue weighted by atomic mass is 10.2. The van der Waals surface area contributed by atoms with Crippen LogP contribution in [0.3, 0.4) is 0 Å². The molecule has 2 atom stereocenters. The van der Waals surface area contributed by atoms with Gasteiger partial charge >= 0.3 is 0 Å². The molecule has 0 amide bonds. The van der Waals surface area contributed by atoms with Crippen LogP contribution in [-0.4, -0.2) is 28.7 Å². The first-order valence-electron chi connectivity index (χ1n) is 6.89. The molecule has 3 rings (SSSR count). The van der Waals surface area contributed by atoms with Crippen LogP contribution in [-0.2, 0) is 0 Å². The summed E-state index contributed by atoms with van der Waals surface area (Å²) in [6.07, 6.45) is 2.83. The number of rotatable bonds is 5. The second-order valence-electron chi connectivity index (χ2n) is 5.21. The van der Waals surface area contributed by atoms with Crippen molar-refractivity contribution in [2.75, 3.05) is 19.5 Å². The third kappa shape index (κ3) is 3.21. The summed E-state index contributed by atoms with van der Waals surface area (Å²) in [4.78, 5) is 12.6. The number of methoxy groups -OCH3 is 1. The van der Waals surface area contributed by atoms with Crippen LogP contribution in [0.15, 0.2) is 24.4 Å². The van der Waals surface area contributed by atoms with Crippen molar-refractivity contribution in [1.82, 2.24) is 15.0 Å². The normalized spacial score (nSPS) is 20.1. The molecule has 1 aliphatic carbocycles. The minimum Gasteiger partial charge on any atom is -0.495 e. The molecule has 0 radical (unpaired) electrons. The summed E-state index contributed by atoms with van der Waals surface area (Å²) >= 11 is 0. The lowest BCUT2D eigenvalue weighted by Crippen LogP contribution is -2.05. The van der Waals surface area contributed by atoms with Gasteiger partial charge in [-0.1, -0.05) is 0 Å². The van der Waals surface area contributed by atoms with Gasteiger partial charge in [0.05, 0.1) is 19.9 Å². The maximum absolute atomic E-state index is 5.70. The zero-order valence-electron chi connectivity index (χ0n) is 12.1. The highest BCUT2D eigenvalue weighted by molar-refractivity contribution is 5.32. The molecule has 6 nitrogen and oxygen atoms in total. The van der Waals surface area contributed by atoms with Gasteiger partial charge in [-0.25, -0.2) is 4.98 Å². The molecule has 2 aromatic heterocycles. The summed E-state index contributed by atoms with van der Waals surface area (Å²) in [6, 6.07) is 5.60. The largest absolute Gasteiger partial charge is 0.495 e. The summed E-state index contributed by atoms with van der Waals surface area (Å²) in [6.45, 7) is 2.42. The van der Waals surface area contributed by atoms with Crippen LogP contribution in [0.1, 0.15) is 23.9 Å². The molecule has 0 aromatic carbocycles. The number of ether oxygens (including phenoxy) is 2. The van der Waals surface area contributed by atoms with E-state index in [1.165, 1.54) is 0 Å². The molecule has 1 aliphatic rings. The van der Waals surface area contributed by atoms with Gasteiger partial charge in [0, 0.05) is 23.6 Å². The zero-order chi connectivity index (χ0) is 14.8. The molecule has 0 saturated heterocycles. The quantitative estimate of drug-likeness (QED) is 0.904. The molecule has 21 heavy (non-hydrogen) atoms. The molecule has 2 N–H and O–H groups in total.